The molecule has 0 saturated heterocycles. The zero-order chi connectivity index (χ0) is 54.7. The number of aryl methyl sites for hydroxylation is 4. The molecule has 0 aliphatic heterocycles. The van der Waals surface area contributed by atoms with Crippen molar-refractivity contribution >= 4 is 18.5 Å². The third-order valence-electron chi connectivity index (χ3n) is 10.3. The van der Waals surface area contributed by atoms with Gasteiger partial charge in [-0.1, -0.05) is 107 Å². The number of benzene rings is 4. The van der Waals surface area contributed by atoms with Crippen LogP contribution in [0.5, 0.6) is 23.0 Å². The van der Waals surface area contributed by atoms with E-state index in [0.717, 1.165) is 44.5 Å². The Kier molecular flexibility index (Phi) is 18.8. The zero-order valence-electron chi connectivity index (χ0n) is 47.2. The Balaban J connectivity index is 0.000000383. The summed E-state index contributed by atoms with van der Waals surface area (Å²) >= 11 is 0. The molecule has 388 valence electrons. The van der Waals surface area contributed by atoms with Gasteiger partial charge in [0.15, 0.2) is 0 Å². The Hall–Kier alpha value is -5.71. The molecular formula is C59H86O11. The number of aromatic hydroxyl groups is 3. The average Bonchev–Trinajstić information content (AvgIpc) is 3.11. The third kappa shape index (κ3) is 18.2. The molecule has 0 fully saturated rings. The minimum Gasteiger partial charge on any atom is -0.507 e. The lowest BCUT2D eigenvalue weighted by molar-refractivity contribution is -0.0294. The molecule has 4 rings (SSSR count). The summed E-state index contributed by atoms with van der Waals surface area (Å²) in [5.41, 5.74) is 7.53. The van der Waals surface area contributed by atoms with Gasteiger partial charge in [0.05, 0.1) is 0 Å². The summed E-state index contributed by atoms with van der Waals surface area (Å²) in [6.45, 7) is 48.4. The first kappa shape index (κ1) is 60.4. The fourth-order valence-electron chi connectivity index (χ4n) is 7.27. The summed E-state index contributed by atoms with van der Waals surface area (Å²) < 4.78 is 25.1. The van der Waals surface area contributed by atoms with Crippen molar-refractivity contribution in [1.82, 2.24) is 0 Å². The second-order valence-electron chi connectivity index (χ2n) is 25.4. The standard InChI is InChI=1S/C27H38O4.C22H30O2.C10H18O5/c1-16-12-18(22(28)20(14-16)25(3,4)5)19-13-17(2)15-21(26(6,7)8)23(19)30-24(29)31-27(9,10)11;1-13-9-15(19(23)17(11-13)21(3,4)5)16-10-14(2)12-18(20(16)24)22(6,7)8;1-9(2,3)14-7(11)13-8(12)15-10(4,5)6/h12-15,28H,1-11H3;9-12,23-24H,1-8H3;1-6H3. The smallest absolute Gasteiger partial charge is 0.507 e. The molecule has 0 aromatic heterocycles. The lowest BCUT2D eigenvalue weighted by Gasteiger charge is -2.28. The molecular weight excluding hydrogens is 885 g/mol. The highest BCUT2D eigenvalue weighted by atomic mass is 16.8. The van der Waals surface area contributed by atoms with Gasteiger partial charge in [-0.3, -0.25) is 0 Å². The van der Waals surface area contributed by atoms with Gasteiger partial charge in [-0.15, -0.1) is 0 Å². The Morgan fingerprint density at radius 1 is 0.343 bits per heavy atom. The molecule has 0 radical (unpaired) electrons. The predicted octanol–water partition coefficient (Wildman–Crippen LogP) is 16.4. The van der Waals surface area contributed by atoms with Gasteiger partial charge in [0.1, 0.15) is 39.8 Å². The maximum absolute atomic E-state index is 12.6. The molecule has 4 aromatic carbocycles. The fourth-order valence-corrected chi connectivity index (χ4v) is 7.27. The highest BCUT2D eigenvalue weighted by molar-refractivity contribution is 5.83. The van der Waals surface area contributed by atoms with Gasteiger partial charge in [-0.25, -0.2) is 14.4 Å². The zero-order valence-corrected chi connectivity index (χ0v) is 47.2. The molecule has 4 aromatic rings. The Labute approximate surface area is 420 Å². The number of phenols is 3. The average molecular weight is 971 g/mol. The number of phenolic OH excluding ortho intramolecular Hbond substituents is 3. The number of carbonyl (C=O) groups excluding carboxylic acids is 3. The van der Waals surface area contributed by atoms with Crippen molar-refractivity contribution in [3.8, 4) is 45.3 Å². The molecule has 0 unspecified atom stereocenters. The lowest BCUT2D eigenvalue weighted by atomic mass is 9.80. The quantitative estimate of drug-likeness (QED) is 0.0776. The summed E-state index contributed by atoms with van der Waals surface area (Å²) in [7, 11) is 0. The van der Waals surface area contributed by atoms with Crippen molar-refractivity contribution in [2.45, 2.75) is 212 Å². The summed E-state index contributed by atoms with van der Waals surface area (Å²) in [4.78, 5) is 34.7. The summed E-state index contributed by atoms with van der Waals surface area (Å²) in [6, 6.07) is 15.9. The van der Waals surface area contributed by atoms with Crippen LogP contribution in [0.2, 0.25) is 0 Å². The first-order chi connectivity index (χ1) is 31.2. The van der Waals surface area contributed by atoms with Crippen LogP contribution >= 0.6 is 0 Å². The maximum Gasteiger partial charge on any atom is 0.519 e. The van der Waals surface area contributed by atoms with Crippen LogP contribution in [0.1, 0.15) is 190 Å². The van der Waals surface area contributed by atoms with E-state index in [2.05, 4.69) is 87.8 Å². The topological polar surface area (TPSA) is 158 Å². The van der Waals surface area contributed by atoms with Gasteiger partial charge in [0.2, 0.25) is 0 Å². The Morgan fingerprint density at radius 2 is 0.571 bits per heavy atom. The largest absolute Gasteiger partial charge is 0.519 e. The number of ether oxygens (including phenoxy) is 5. The molecule has 11 heteroatoms. The van der Waals surface area contributed by atoms with E-state index in [1.54, 1.807) is 62.3 Å². The Morgan fingerprint density at radius 3 is 0.829 bits per heavy atom. The van der Waals surface area contributed by atoms with Crippen LogP contribution in [0, 0.1) is 27.7 Å². The molecule has 0 aliphatic carbocycles. The van der Waals surface area contributed by atoms with Crippen molar-refractivity contribution in [3.63, 3.8) is 0 Å². The van der Waals surface area contributed by atoms with Crippen LogP contribution in [0.25, 0.3) is 22.3 Å². The van der Waals surface area contributed by atoms with Crippen molar-refractivity contribution < 1.29 is 53.4 Å². The Bertz CT molecular complexity index is 2420. The highest BCUT2D eigenvalue weighted by Crippen LogP contribution is 2.48. The lowest BCUT2D eigenvalue weighted by Crippen LogP contribution is -2.29. The first-order valence-corrected chi connectivity index (χ1v) is 23.9. The van der Waals surface area contributed by atoms with E-state index >= 15 is 0 Å². The first-order valence-electron chi connectivity index (χ1n) is 23.9. The van der Waals surface area contributed by atoms with Crippen LogP contribution in [-0.4, -0.2) is 50.6 Å². The molecule has 0 bridgehead atoms. The van der Waals surface area contributed by atoms with Gasteiger partial charge >= 0.3 is 18.5 Å². The third-order valence-corrected chi connectivity index (χ3v) is 10.3. The molecule has 0 spiro atoms. The van der Waals surface area contributed by atoms with E-state index in [9.17, 15) is 29.7 Å². The summed E-state index contributed by atoms with van der Waals surface area (Å²) in [5.74, 6) is 1.15. The number of hydrogen-bond acceptors (Lipinski definition) is 11. The van der Waals surface area contributed by atoms with E-state index in [0.29, 0.717) is 28.0 Å². The van der Waals surface area contributed by atoms with Gasteiger partial charge < -0.3 is 39.0 Å². The van der Waals surface area contributed by atoms with E-state index in [1.165, 1.54) is 0 Å². The van der Waals surface area contributed by atoms with Crippen molar-refractivity contribution in [1.29, 1.82) is 0 Å². The van der Waals surface area contributed by atoms with Crippen LogP contribution in [0.15, 0.2) is 48.5 Å². The SMILES string of the molecule is CC(C)(C)OC(=O)OC(=O)OC(C)(C)C.Cc1cc(-c2cc(C)cc(C(C)(C)C)c2O)c(O)c(C(C)(C)C)c1.Cc1cc(-c2cc(C)cc(C(C)(C)C)c2OC(=O)OC(C)(C)C)c(O)c(C(C)(C)C)c1. The van der Waals surface area contributed by atoms with Crippen LogP contribution in [0.3, 0.4) is 0 Å². The maximum atomic E-state index is 12.6. The van der Waals surface area contributed by atoms with Gasteiger partial charge in [0, 0.05) is 44.5 Å². The van der Waals surface area contributed by atoms with Gasteiger partial charge in [-0.2, -0.15) is 0 Å². The molecule has 11 nitrogen and oxygen atoms in total. The minimum atomic E-state index is -1.06. The van der Waals surface area contributed by atoms with E-state index < -0.39 is 35.3 Å². The minimum absolute atomic E-state index is 0.169. The second kappa shape index (κ2) is 21.7. The summed E-state index contributed by atoms with van der Waals surface area (Å²) in [6.07, 6.45) is -2.88. The molecule has 3 N–H and O–H groups in total. The predicted molar refractivity (Wildman–Crippen MR) is 283 cm³/mol. The number of rotatable bonds is 3. The van der Waals surface area contributed by atoms with Gasteiger partial charge in [0.25, 0.3) is 0 Å². The molecule has 70 heavy (non-hydrogen) atoms. The molecule has 0 aliphatic rings. The normalized spacial score (nSPS) is 12.4. The monoisotopic (exact) mass is 971 g/mol. The van der Waals surface area contributed by atoms with E-state index in [1.807, 2.05) is 76.2 Å². The van der Waals surface area contributed by atoms with Crippen LogP contribution in [0.4, 0.5) is 14.4 Å². The molecule has 0 saturated carbocycles. The van der Waals surface area contributed by atoms with Crippen LogP contribution < -0.4 is 4.74 Å². The number of hydrogen-bond donors (Lipinski definition) is 3. The van der Waals surface area contributed by atoms with Crippen molar-refractivity contribution in [2.75, 3.05) is 0 Å². The summed E-state index contributed by atoms with van der Waals surface area (Å²) in [5, 5.41) is 33.1. The number of carbonyl (C=O) groups is 3. The van der Waals surface area contributed by atoms with Gasteiger partial charge in [-0.05, 0) is 158 Å². The second-order valence-corrected chi connectivity index (χ2v) is 25.4. The molecule has 0 amide bonds. The molecule has 0 heterocycles. The van der Waals surface area contributed by atoms with E-state index in [4.69, 9.17) is 18.9 Å². The molecule has 0 atom stereocenters. The highest BCUT2D eigenvalue weighted by Gasteiger charge is 2.31. The van der Waals surface area contributed by atoms with Crippen LogP contribution in [-0.2, 0) is 40.6 Å². The fraction of sp³-hybridized carbons (Fsp3) is 0.542. The van der Waals surface area contributed by atoms with Crippen molar-refractivity contribution in [3.05, 3.63) is 93.0 Å². The van der Waals surface area contributed by atoms with Crippen molar-refractivity contribution in [2.24, 2.45) is 0 Å². The van der Waals surface area contributed by atoms with E-state index in [-0.39, 0.29) is 38.9 Å².